The first-order valence-corrected chi connectivity index (χ1v) is 8.70. The summed E-state index contributed by atoms with van der Waals surface area (Å²) in [6.45, 7) is 1.88. The molecule has 26 heavy (non-hydrogen) atoms. The predicted molar refractivity (Wildman–Crippen MR) is 97.6 cm³/mol. The third-order valence-electron chi connectivity index (χ3n) is 3.44. The van der Waals surface area contributed by atoms with E-state index in [9.17, 15) is 18.0 Å². The molecule has 0 aliphatic carbocycles. The van der Waals surface area contributed by atoms with Gasteiger partial charge in [0.05, 0.1) is 12.1 Å². The standard InChI is InChI=1S/C19H18F3NO2S/c1-13-8-10-15(11-9-13)23-17(16(18(24)25-2)19(20,21)22)26-12-14-6-4-3-5-7-14/h3-11,23H,12H2,1-2H3/b17-16-. The van der Waals surface area contributed by atoms with Gasteiger partial charge < -0.3 is 10.1 Å². The number of ether oxygens (including phenoxy) is 1. The number of hydrogen-bond acceptors (Lipinski definition) is 4. The predicted octanol–water partition coefficient (Wildman–Crippen LogP) is 5.29. The average molecular weight is 381 g/mol. The highest BCUT2D eigenvalue weighted by Gasteiger charge is 2.42. The van der Waals surface area contributed by atoms with E-state index in [1.807, 2.05) is 25.1 Å². The zero-order valence-corrected chi connectivity index (χ0v) is 15.1. The number of nitrogens with one attached hydrogen (secondary N) is 1. The number of esters is 1. The van der Waals surface area contributed by atoms with Gasteiger partial charge in [-0.15, -0.1) is 11.8 Å². The third kappa shape index (κ3) is 5.56. The third-order valence-corrected chi connectivity index (χ3v) is 4.51. The molecule has 2 rings (SSSR count). The maximum Gasteiger partial charge on any atom is 0.425 e. The molecule has 0 spiro atoms. The number of methoxy groups -OCH3 is 1. The molecule has 7 heteroatoms. The maximum atomic E-state index is 13.5. The summed E-state index contributed by atoms with van der Waals surface area (Å²) >= 11 is 0.900. The molecule has 3 nitrogen and oxygen atoms in total. The van der Waals surface area contributed by atoms with Gasteiger partial charge in [-0.25, -0.2) is 4.79 Å². The fourth-order valence-corrected chi connectivity index (χ4v) is 3.14. The molecular weight excluding hydrogens is 363 g/mol. The fourth-order valence-electron chi connectivity index (χ4n) is 2.11. The quantitative estimate of drug-likeness (QED) is 0.545. The Balaban J connectivity index is 2.39. The number of hydrogen-bond donors (Lipinski definition) is 1. The van der Waals surface area contributed by atoms with Crippen LogP contribution in [0.25, 0.3) is 0 Å². The van der Waals surface area contributed by atoms with Crippen LogP contribution in [0.5, 0.6) is 0 Å². The van der Waals surface area contributed by atoms with E-state index in [1.54, 1.807) is 36.4 Å². The highest BCUT2D eigenvalue weighted by Crippen LogP contribution is 2.35. The SMILES string of the molecule is COC(=O)/C(=C(\Nc1ccc(C)cc1)SCc1ccccc1)C(F)(F)F. The number of thioether (sulfide) groups is 1. The lowest BCUT2D eigenvalue weighted by atomic mass is 10.2. The highest BCUT2D eigenvalue weighted by atomic mass is 32.2. The van der Waals surface area contributed by atoms with Gasteiger partial charge in [0.25, 0.3) is 0 Å². The molecule has 0 saturated carbocycles. The molecule has 0 aliphatic rings. The van der Waals surface area contributed by atoms with Crippen molar-refractivity contribution >= 4 is 23.4 Å². The lowest BCUT2D eigenvalue weighted by Crippen LogP contribution is -2.25. The monoisotopic (exact) mass is 381 g/mol. The molecule has 0 atom stereocenters. The van der Waals surface area contributed by atoms with Crippen molar-refractivity contribution in [2.45, 2.75) is 18.9 Å². The summed E-state index contributed by atoms with van der Waals surface area (Å²) in [6, 6.07) is 15.9. The van der Waals surface area contributed by atoms with Gasteiger partial charge in [0.1, 0.15) is 0 Å². The highest BCUT2D eigenvalue weighted by molar-refractivity contribution is 8.02. The molecule has 0 saturated heterocycles. The second kappa shape index (κ2) is 8.80. The summed E-state index contributed by atoms with van der Waals surface area (Å²) < 4.78 is 44.8. The Morgan fingerprint density at radius 1 is 1.08 bits per heavy atom. The Labute approximate surface area is 154 Å². The first kappa shape index (κ1) is 19.9. The molecule has 0 aliphatic heterocycles. The van der Waals surface area contributed by atoms with E-state index in [0.29, 0.717) is 5.69 Å². The molecule has 0 radical (unpaired) electrons. The van der Waals surface area contributed by atoms with Crippen LogP contribution in [-0.4, -0.2) is 19.3 Å². The molecule has 0 unspecified atom stereocenters. The van der Waals surface area contributed by atoms with Crippen LogP contribution in [0, 0.1) is 6.92 Å². The number of rotatable bonds is 6. The Kier molecular flexibility index (Phi) is 6.74. The Morgan fingerprint density at radius 3 is 2.23 bits per heavy atom. The van der Waals surface area contributed by atoms with Crippen molar-refractivity contribution in [2.24, 2.45) is 0 Å². The van der Waals surface area contributed by atoms with E-state index in [2.05, 4.69) is 10.1 Å². The van der Waals surface area contributed by atoms with Crippen molar-refractivity contribution < 1.29 is 22.7 Å². The van der Waals surface area contributed by atoms with Gasteiger partial charge >= 0.3 is 12.1 Å². The summed E-state index contributed by atoms with van der Waals surface area (Å²) in [5.74, 6) is -1.15. The van der Waals surface area contributed by atoms with E-state index in [-0.39, 0.29) is 10.8 Å². The van der Waals surface area contributed by atoms with E-state index >= 15 is 0 Å². The minimum absolute atomic E-state index is 0.269. The number of benzene rings is 2. The zero-order chi connectivity index (χ0) is 19.2. The van der Waals surface area contributed by atoms with Gasteiger partial charge in [0.2, 0.25) is 0 Å². The van der Waals surface area contributed by atoms with Gasteiger partial charge in [-0.2, -0.15) is 13.2 Å². The number of carbonyl (C=O) groups is 1. The Hall–Kier alpha value is -2.41. The van der Waals surface area contributed by atoms with Crippen molar-refractivity contribution in [3.63, 3.8) is 0 Å². The van der Waals surface area contributed by atoms with Crippen LogP contribution >= 0.6 is 11.8 Å². The minimum Gasteiger partial charge on any atom is -0.465 e. The molecule has 0 heterocycles. The molecule has 0 amide bonds. The molecule has 2 aromatic rings. The topological polar surface area (TPSA) is 38.3 Å². The van der Waals surface area contributed by atoms with Crippen LogP contribution in [0.2, 0.25) is 0 Å². The lowest BCUT2D eigenvalue weighted by molar-refractivity contribution is -0.148. The second-order valence-electron chi connectivity index (χ2n) is 5.46. The van der Waals surface area contributed by atoms with Crippen LogP contribution in [0.4, 0.5) is 18.9 Å². The normalized spacial score (nSPS) is 12.3. The second-order valence-corrected chi connectivity index (χ2v) is 6.44. The maximum absolute atomic E-state index is 13.5. The van der Waals surface area contributed by atoms with Crippen LogP contribution in [0.3, 0.4) is 0 Å². The van der Waals surface area contributed by atoms with E-state index in [0.717, 1.165) is 30.0 Å². The Morgan fingerprint density at radius 2 is 1.69 bits per heavy atom. The molecule has 2 aromatic carbocycles. The number of aryl methyl sites for hydroxylation is 1. The van der Waals surface area contributed by atoms with Crippen LogP contribution in [0.15, 0.2) is 65.2 Å². The van der Waals surface area contributed by atoms with Gasteiger partial charge in [0.15, 0.2) is 5.57 Å². The lowest BCUT2D eigenvalue weighted by Gasteiger charge is -2.18. The summed E-state index contributed by atoms with van der Waals surface area (Å²) in [5.41, 5.74) is 0.924. The molecule has 1 N–H and O–H groups in total. The zero-order valence-electron chi connectivity index (χ0n) is 14.3. The van der Waals surface area contributed by atoms with Gasteiger partial charge in [-0.3, -0.25) is 0 Å². The number of alkyl halides is 3. The Bertz CT molecular complexity index is 772. The van der Waals surface area contributed by atoms with Gasteiger partial charge in [-0.1, -0.05) is 48.0 Å². The first-order valence-electron chi connectivity index (χ1n) is 7.71. The number of anilines is 1. The molecule has 0 bridgehead atoms. The van der Waals surface area contributed by atoms with Crippen molar-refractivity contribution in [3.05, 3.63) is 76.3 Å². The molecule has 138 valence electrons. The summed E-state index contributed by atoms with van der Waals surface area (Å²) in [7, 11) is 0.930. The summed E-state index contributed by atoms with van der Waals surface area (Å²) in [4.78, 5) is 11.8. The molecule has 0 aromatic heterocycles. The van der Waals surface area contributed by atoms with Crippen molar-refractivity contribution in [3.8, 4) is 0 Å². The molecule has 0 fully saturated rings. The van der Waals surface area contributed by atoms with Gasteiger partial charge in [-0.05, 0) is 24.6 Å². The molecular formula is C19H18F3NO2S. The minimum atomic E-state index is -4.84. The van der Waals surface area contributed by atoms with E-state index in [1.165, 1.54) is 0 Å². The van der Waals surface area contributed by atoms with Crippen LogP contribution in [-0.2, 0) is 15.3 Å². The van der Waals surface area contributed by atoms with Crippen molar-refractivity contribution in [2.75, 3.05) is 12.4 Å². The first-order chi connectivity index (χ1) is 12.3. The number of carbonyl (C=O) groups excluding carboxylic acids is 1. The van der Waals surface area contributed by atoms with Gasteiger partial charge in [0, 0.05) is 11.4 Å². The van der Waals surface area contributed by atoms with Crippen molar-refractivity contribution in [1.29, 1.82) is 0 Å². The van der Waals surface area contributed by atoms with E-state index < -0.39 is 17.7 Å². The van der Waals surface area contributed by atoms with Crippen molar-refractivity contribution in [1.82, 2.24) is 0 Å². The summed E-state index contributed by atoms with van der Waals surface area (Å²) in [6.07, 6.45) is -4.84. The fraction of sp³-hybridized carbons (Fsp3) is 0.211. The van der Waals surface area contributed by atoms with Crippen LogP contribution in [0.1, 0.15) is 11.1 Å². The van der Waals surface area contributed by atoms with E-state index in [4.69, 9.17) is 0 Å². The van der Waals surface area contributed by atoms with Crippen LogP contribution < -0.4 is 5.32 Å². The largest absolute Gasteiger partial charge is 0.465 e. The number of halogens is 3. The average Bonchev–Trinajstić information content (AvgIpc) is 2.61. The summed E-state index contributed by atoms with van der Waals surface area (Å²) in [5, 5.41) is 2.43. The smallest absolute Gasteiger partial charge is 0.425 e.